The van der Waals surface area contributed by atoms with E-state index in [1.54, 1.807) is 5.57 Å². The number of aliphatic hydroxyl groups excluding tert-OH is 1. The van der Waals surface area contributed by atoms with Crippen LogP contribution in [0.3, 0.4) is 0 Å². The van der Waals surface area contributed by atoms with Gasteiger partial charge in [-0.05, 0) is 84.3 Å². The van der Waals surface area contributed by atoms with E-state index in [1.165, 1.54) is 63.5 Å². The molecule has 0 spiro atoms. The zero-order valence-electron chi connectivity index (χ0n) is 17.6. The number of hydrogen-bond acceptors (Lipinski definition) is 2. The normalized spacial score (nSPS) is 29.0. The third-order valence-corrected chi connectivity index (χ3v) is 6.19. The summed E-state index contributed by atoms with van der Waals surface area (Å²) in [7, 11) is 4.31. The third-order valence-electron chi connectivity index (χ3n) is 6.19. The second-order valence-electron chi connectivity index (χ2n) is 8.85. The molecule has 0 aliphatic heterocycles. The molecule has 4 atom stereocenters. The lowest BCUT2D eigenvalue weighted by Gasteiger charge is -2.18. The van der Waals surface area contributed by atoms with Crippen LogP contribution >= 0.6 is 0 Å². The molecule has 26 heavy (non-hydrogen) atoms. The third kappa shape index (κ3) is 6.70. The van der Waals surface area contributed by atoms with E-state index < -0.39 is 0 Å². The average molecular weight is 360 g/mol. The molecule has 0 aromatic rings. The Morgan fingerprint density at radius 3 is 2.77 bits per heavy atom. The molecule has 2 heteroatoms. The maximum atomic E-state index is 10.5. The summed E-state index contributed by atoms with van der Waals surface area (Å²) in [6, 6.07) is 0. The lowest BCUT2D eigenvalue weighted by molar-refractivity contribution is 0.141. The van der Waals surface area contributed by atoms with Gasteiger partial charge < -0.3 is 10.0 Å². The molecule has 0 aromatic heterocycles. The molecule has 0 unspecified atom stereocenters. The summed E-state index contributed by atoms with van der Waals surface area (Å²) >= 11 is 0. The van der Waals surface area contributed by atoms with Crippen molar-refractivity contribution < 1.29 is 5.11 Å². The van der Waals surface area contributed by atoms with Gasteiger partial charge in [0.15, 0.2) is 0 Å². The van der Waals surface area contributed by atoms with Gasteiger partial charge in [0.1, 0.15) is 0 Å². The highest BCUT2D eigenvalue weighted by Crippen LogP contribution is 2.48. The Labute approximate surface area is 162 Å². The van der Waals surface area contributed by atoms with Gasteiger partial charge in [-0.1, -0.05) is 55.2 Å². The van der Waals surface area contributed by atoms with Crippen molar-refractivity contribution in [1.29, 1.82) is 0 Å². The molecular weight excluding hydrogens is 318 g/mol. The van der Waals surface area contributed by atoms with Crippen LogP contribution in [0.4, 0.5) is 0 Å². The number of fused-ring (bicyclic) bond motifs is 1. The summed E-state index contributed by atoms with van der Waals surface area (Å²) in [6.45, 7) is 5.67. The summed E-state index contributed by atoms with van der Waals surface area (Å²) < 4.78 is 0. The predicted octanol–water partition coefficient (Wildman–Crippen LogP) is 5.74. The topological polar surface area (TPSA) is 23.5 Å². The zero-order chi connectivity index (χ0) is 18.9. The molecule has 0 amide bonds. The number of nitrogens with zero attached hydrogens (tertiary/aromatic N) is 1. The van der Waals surface area contributed by atoms with Crippen molar-refractivity contribution in [2.45, 2.75) is 77.7 Å². The molecule has 2 aliphatic rings. The first-order valence-corrected chi connectivity index (χ1v) is 10.9. The van der Waals surface area contributed by atoms with Crippen LogP contribution in [0.2, 0.25) is 0 Å². The highest BCUT2D eigenvalue weighted by Gasteiger charge is 2.42. The highest BCUT2D eigenvalue weighted by atomic mass is 16.3. The van der Waals surface area contributed by atoms with E-state index in [9.17, 15) is 5.11 Å². The molecule has 0 radical (unpaired) electrons. The Morgan fingerprint density at radius 2 is 2.04 bits per heavy atom. The van der Waals surface area contributed by atoms with E-state index in [-0.39, 0.29) is 6.10 Å². The summed E-state index contributed by atoms with van der Waals surface area (Å²) in [5, 5.41) is 10.5. The second kappa shape index (κ2) is 11.1. The van der Waals surface area contributed by atoms with Crippen molar-refractivity contribution in [2.24, 2.45) is 17.8 Å². The van der Waals surface area contributed by atoms with Crippen LogP contribution in [0.25, 0.3) is 0 Å². The molecule has 2 aliphatic carbocycles. The van der Waals surface area contributed by atoms with E-state index in [1.807, 2.05) is 0 Å². The van der Waals surface area contributed by atoms with Crippen LogP contribution in [-0.4, -0.2) is 36.8 Å². The molecule has 1 N–H and O–H groups in total. The van der Waals surface area contributed by atoms with E-state index in [2.05, 4.69) is 57.1 Å². The standard InChI is InChI=1S/C24H41NO/c1-5-6-11-19(2)12-10-14-22-23-17-20(16-21(23)18-24(22)26)13-8-7-9-15-25(3)4/h10,12,14,16,21-24,26H,5-9,11,13,15,17-18H2,1-4H3/b14-10+,19-12+/t21-,22+,23-,24+/m0/s1. The molecule has 2 rings (SSSR count). The lowest BCUT2D eigenvalue weighted by Crippen LogP contribution is -2.16. The van der Waals surface area contributed by atoms with Crippen molar-refractivity contribution in [3.8, 4) is 0 Å². The quantitative estimate of drug-likeness (QED) is 0.289. The fourth-order valence-electron chi connectivity index (χ4n) is 4.63. The minimum absolute atomic E-state index is 0.150. The minimum Gasteiger partial charge on any atom is -0.392 e. The maximum Gasteiger partial charge on any atom is 0.0611 e. The Hall–Kier alpha value is -0.860. The molecule has 0 saturated heterocycles. The first-order valence-electron chi connectivity index (χ1n) is 10.9. The van der Waals surface area contributed by atoms with Gasteiger partial charge in [-0.25, -0.2) is 0 Å². The molecule has 1 saturated carbocycles. The zero-order valence-corrected chi connectivity index (χ0v) is 17.6. The fourth-order valence-corrected chi connectivity index (χ4v) is 4.63. The van der Waals surface area contributed by atoms with Gasteiger partial charge in [0.05, 0.1) is 6.10 Å². The van der Waals surface area contributed by atoms with Gasteiger partial charge in [0, 0.05) is 5.92 Å². The Kier molecular flexibility index (Phi) is 9.15. The van der Waals surface area contributed by atoms with Gasteiger partial charge in [-0.2, -0.15) is 0 Å². The number of unbranched alkanes of at least 4 members (excludes halogenated alkanes) is 3. The number of aliphatic hydroxyl groups is 1. The lowest BCUT2D eigenvalue weighted by atomic mass is 9.88. The predicted molar refractivity (Wildman–Crippen MR) is 113 cm³/mol. The van der Waals surface area contributed by atoms with E-state index in [0.29, 0.717) is 17.8 Å². The smallest absolute Gasteiger partial charge is 0.0611 e. The van der Waals surface area contributed by atoms with Crippen LogP contribution in [-0.2, 0) is 0 Å². The number of allylic oxidation sites excluding steroid dienone is 5. The van der Waals surface area contributed by atoms with Crippen LogP contribution in [0.1, 0.15) is 71.6 Å². The maximum absolute atomic E-state index is 10.5. The van der Waals surface area contributed by atoms with Crippen molar-refractivity contribution in [1.82, 2.24) is 4.90 Å². The van der Waals surface area contributed by atoms with Gasteiger partial charge in [0.25, 0.3) is 0 Å². The van der Waals surface area contributed by atoms with E-state index >= 15 is 0 Å². The minimum atomic E-state index is -0.150. The van der Waals surface area contributed by atoms with Crippen LogP contribution in [0.5, 0.6) is 0 Å². The second-order valence-corrected chi connectivity index (χ2v) is 8.85. The van der Waals surface area contributed by atoms with Gasteiger partial charge in [-0.15, -0.1) is 0 Å². The van der Waals surface area contributed by atoms with Crippen LogP contribution < -0.4 is 0 Å². The van der Waals surface area contributed by atoms with E-state index in [4.69, 9.17) is 0 Å². The van der Waals surface area contributed by atoms with Gasteiger partial charge >= 0.3 is 0 Å². The monoisotopic (exact) mass is 359 g/mol. The van der Waals surface area contributed by atoms with Crippen LogP contribution in [0, 0.1) is 17.8 Å². The van der Waals surface area contributed by atoms with Crippen molar-refractivity contribution in [3.05, 3.63) is 35.5 Å². The van der Waals surface area contributed by atoms with Crippen molar-refractivity contribution in [3.63, 3.8) is 0 Å². The molecular formula is C24H41NO. The highest BCUT2D eigenvalue weighted by molar-refractivity contribution is 5.22. The number of rotatable bonds is 11. The van der Waals surface area contributed by atoms with Gasteiger partial charge in [0.2, 0.25) is 0 Å². The number of hydrogen-bond donors (Lipinski definition) is 1. The van der Waals surface area contributed by atoms with E-state index in [0.717, 1.165) is 6.42 Å². The first kappa shape index (κ1) is 21.4. The average Bonchev–Trinajstić information content (AvgIpc) is 3.10. The molecule has 0 heterocycles. The molecule has 0 bridgehead atoms. The Morgan fingerprint density at radius 1 is 1.23 bits per heavy atom. The summed E-state index contributed by atoms with van der Waals surface area (Å²) in [5.41, 5.74) is 3.11. The SMILES string of the molecule is CCCC/C(C)=C/C=C/[C@@H]1[C@H]2CC(CCCCCN(C)C)=C[C@H]2C[C@H]1O. The Bertz CT molecular complexity index is 502. The van der Waals surface area contributed by atoms with Crippen LogP contribution in [0.15, 0.2) is 35.5 Å². The first-order chi connectivity index (χ1) is 12.5. The fraction of sp³-hybridized carbons (Fsp3) is 0.750. The molecule has 0 aromatic carbocycles. The summed E-state index contributed by atoms with van der Waals surface area (Å²) in [4.78, 5) is 2.27. The van der Waals surface area contributed by atoms with Gasteiger partial charge in [-0.3, -0.25) is 0 Å². The molecule has 1 fully saturated rings. The largest absolute Gasteiger partial charge is 0.392 e. The van der Waals surface area contributed by atoms with Crippen molar-refractivity contribution >= 4 is 0 Å². The summed E-state index contributed by atoms with van der Waals surface area (Å²) in [5.74, 6) is 1.60. The van der Waals surface area contributed by atoms with Crippen molar-refractivity contribution in [2.75, 3.05) is 20.6 Å². The Balaban J connectivity index is 1.78. The summed E-state index contributed by atoms with van der Waals surface area (Å²) in [6.07, 6.45) is 20.2. The molecule has 2 nitrogen and oxygen atoms in total. The molecule has 148 valence electrons.